The number of amides is 1. The summed E-state index contributed by atoms with van der Waals surface area (Å²) >= 11 is 0. The van der Waals surface area contributed by atoms with Crippen LogP contribution in [0.4, 0.5) is 0 Å². The summed E-state index contributed by atoms with van der Waals surface area (Å²) in [5, 5.41) is 16.4. The minimum Gasteiger partial charge on any atom is -0.481 e. The number of aryl methyl sites for hydroxylation is 2. The molecule has 0 bridgehead atoms. The molecule has 130 valence electrons. The number of rotatable bonds is 7. The Kier molecular flexibility index (Phi) is 5.97. The number of carbonyl (C=O) groups is 2. The van der Waals surface area contributed by atoms with Gasteiger partial charge < -0.3 is 10.4 Å². The average Bonchev–Trinajstić information content (AvgIpc) is 2.64. The number of aliphatic carboxylic acids is 1. The van der Waals surface area contributed by atoms with Crippen molar-refractivity contribution in [3.05, 3.63) is 17.0 Å². The van der Waals surface area contributed by atoms with Gasteiger partial charge >= 0.3 is 5.97 Å². The monoisotopic (exact) mass is 323 g/mol. The molecule has 0 aromatic carbocycles. The molecule has 1 heterocycles. The third-order valence-electron chi connectivity index (χ3n) is 4.82. The van der Waals surface area contributed by atoms with Crippen LogP contribution in [-0.4, -0.2) is 32.3 Å². The topological polar surface area (TPSA) is 84.2 Å². The number of carboxylic acid groups (broad SMARTS) is 1. The maximum atomic E-state index is 12.5. The summed E-state index contributed by atoms with van der Waals surface area (Å²) < 4.78 is 1.82. The zero-order valence-electron chi connectivity index (χ0n) is 15.2. The van der Waals surface area contributed by atoms with Crippen molar-refractivity contribution in [2.75, 3.05) is 0 Å². The second-order valence-corrected chi connectivity index (χ2v) is 7.01. The average molecular weight is 323 g/mol. The first-order valence-electron chi connectivity index (χ1n) is 8.00. The Hall–Kier alpha value is -1.85. The number of hydrogen-bond donors (Lipinski definition) is 2. The first kappa shape index (κ1) is 19.2. The Balaban J connectivity index is 2.85. The van der Waals surface area contributed by atoms with Crippen molar-refractivity contribution in [1.29, 1.82) is 0 Å². The molecule has 0 aliphatic rings. The largest absolute Gasteiger partial charge is 0.481 e. The molecule has 0 aliphatic heterocycles. The van der Waals surface area contributed by atoms with Gasteiger partial charge in [0.1, 0.15) is 0 Å². The highest BCUT2D eigenvalue weighted by molar-refractivity contribution is 5.80. The van der Waals surface area contributed by atoms with Gasteiger partial charge in [-0.25, -0.2) is 0 Å². The first-order valence-corrected chi connectivity index (χ1v) is 8.00. The fourth-order valence-corrected chi connectivity index (χ4v) is 2.62. The van der Waals surface area contributed by atoms with Gasteiger partial charge in [-0.1, -0.05) is 20.8 Å². The van der Waals surface area contributed by atoms with E-state index in [-0.39, 0.29) is 24.2 Å². The van der Waals surface area contributed by atoms with Crippen LogP contribution in [0.15, 0.2) is 0 Å². The van der Waals surface area contributed by atoms with Crippen LogP contribution in [0.2, 0.25) is 0 Å². The van der Waals surface area contributed by atoms with Gasteiger partial charge in [0, 0.05) is 24.2 Å². The van der Waals surface area contributed by atoms with E-state index in [1.165, 1.54) is 0 Å². The lowest BCUT2D eigenvalue weighted by atomic mass is 9.84. The minimum absolute atomic E-state index is 0.0246. The molecule has 0 aliphatic carbocycles. The quantitative estimate of drug-likeness (QED) is 0.806. The molecule has 2 atom stereocenters. The fourth-order valence-electron chi connectivity index (χ4n) is 2.62. The molecule has 1 rings (SSSR count). The molecule has 0 radical (unpaired) electrons. The Labute approximate surface area is 138 Å². The van der Waals surface area contributed by atoms with Crippen LogP contribution in [0, 0.1) is 25.7 Å². The van der Waals surface area contributed by atoms with E-state index in [0.29, 0.717) is 6.42 Å². The third kappa shape index (κ3) is 4.56. The number of aromatic nitrogens is 2. The van der Waals surface area contributed by atoms with Crippen LogP contribution in [0.3, 0.4) is 0 Å². The molecule has 1 amide bonds. The first-order chi connectivity index (χ1) is 10.5. The molecule has 2 unspecified atom stereocenters. The van der Waals surface area contributed by atoms with E-state index in [0.717, 1.165) is 17.0 Å². The summed E-state index contributed by atoms with van der Waals surface area (Å²) in [6, 6.07) is 0. The third-order valence-corrected chi connectivity index (χ3v) is 4.82. The van der Waals surface area contributed by atoms with Crippen LogP contribution >= 0.6 is 0 Å². The van der Waals surface area contributed by atoms with Crippen LogP contribution in [-0.2, 0) is 23.1 Å². The lowest BCUT2D eigenvalue weighted by Gasteiger charge is -2.34. The Morgan fingerprint density at radius 3 is 2.26 bits per heavy atom. The second kappa shape index (κ2) is 7.15. The standard InChI is InChI=1S/C17H29N3O3/c1-10(2)17(6,9-15(21)22)18-16(23)11(3)8-14-12(4)19-20(7)13(14)5/h10-11H,8-9H2,1-7H3,(H,18,23)(H,21,22). The van der Waals surface area contributed by atoms with Crippen molar-refractivity contribution < 1.29 is 14.7 Å². The fraction of sp³-hybridized carbons (Fsp3) is 0.706. The van der Waals surface area contributed by atoms with Crippen molar-refractivity contribution >= 4 is 11.9 Å². The summed E-state index contributed by atoms with van der Waals surface area (Å²) in [6.07, 6.45) is 0.507. The number of nitrogens with zero attached hydrogens (tertiary/aromatic N) is 2. The van der Waals surface area contributed by atoms with E-state index in [2.05, 4.69) is 10.4 Å². The highest BCUT2D eigenvalue weighted by atomic mass is 16.4. The van der Waals surface area contributed by atoms with E-state index in [9.17, 15) is 9.59 Å². The van der Waals surface area contributed by atoms with E-state index < -0.39 is 11.5 Å². The summed E-state index contributed by atoms with van der Waals surface area (Å²) in [7, 11) is 1.89. The van der Waals surface area contributed by atoms with Gasteiger partial charge in [-0.15, -0.1) is 0 Å². The molecule has 2 N–H and O–H groups in total. The number of hydrogen-bond acceptors (Lipinski definition) is 3. The van der Waals surface area contributed by atoms with Crippen molar-refractivity contribution in [3.8, 4) is 0 Å². The normalized spacial score (nSPS) is 15.3. The van der Waals surface area contributed by atoms with Crippen molar-refractivity contribution in [1.82, 2.24) is 15.1 Å². The Bertz CT molecular complexity index is 592. The van der Waals surface area contributed by atoms with Crippen molar-refractivity contribution in [3.63, 3.8) is 0 Å². The lowest BCUT2D eigenvalue weighted by Crippen LogP contribution is -2.53. The van der Waals surface area contributed by atoms with E-state index in [4.69, 9.17) is 5.11 Å². The van der Waals surface area contributed by atoms with Crippen molar-refractivity contribution in [2.45, 2.75) is 59.9 Å². The lowest BCUT2D eigenvalue weighted by molar-refractivity contribution is -0.139. The molecule has 6 nitrogen and oxygen atoms in total. The zero-order chi connectivity index (χ0) is 17.9. The van der Waals surface area contributed by atoms with E-state index in [1.807, 2.05) is 46.3 Å². The maximum absolute atomic E-state index is 12.5. The van der Waals surface area contributed by atoms with Gasteiger partial charge in [-0.2, -0.15) is 5.10 Å². The van der Waals surface area contributed by atoms with Gasteiger partial charge in [0.05, 0.1) is 12.1 Å². The summed E-state index contributed by atoms with van der Waals surface area (Å²) in [6.45, 7) is 11.4. The predicted molar refractivity (Wildman–Crippen MR) is 89.2 cm³/mol. The molecular weight excluding hydrogens is 294 g/mol. The summed E-state index contributed by atoms with van der Waals surface area (Å²) in [4.78, 5) is 23.6. The van der Waals surface area contributed by atoms with Gasteiger partial charge in [-0.05, 0) is 38.7 Å². The van der Waals surface area contributed by atoms with E-state index >= 15 is 0 Å². The summed E-state index contributed by atoms with van der Waals surface area (Å²) in [5.74, 6) is -1.25. The second-order valence-electron chi connectivity index (χ2n) is 7.01. The van der Waals surface area contributed by atoms with Crippen LogP contribution in [0.25, 0.3) is 0 Å². The van der Waals surface area contributed by atoms with Crippen molar-refractivity contribution in [2.24, 2.45) is 18.9 Å². The smallest absolute Gasteiger partial charge is 0.305 e. The van der Waals surface area contributed by atoms with Crippen LogP contribution < -0.4 is 5.32 Å². The SMILES string of the molecule is Cc1nn(C)c(C)c1CC(C)C(=O)NC(C)(CC(=O)O)C(C)C. The highest BCUT2D eigenvalue weighted by Crippen LogP contribution is 2.23. The molecule has 0 saturated carbocycles. The Morgan fingerprint density at radius 1 is 1.30 bits per heavy atom. The number of nitrogens with one attached hydrogen (secondary N) is 1. The molecule has 6 heteroatoms. The van der Waals surface area contributed by atoms with E-state index in [1.54, 1.807) is 6.92 Å². The van der Waals surface area contributed by atoms with Gasteiger partial charge in [-0.3, -0.25) is 14.3 Å². The Morgan fingerprint density at radius 2 is 1.87 bits per heavy atom. The molecular formula is C17H29N3O3. The predicted octanol–water partition coefficient (Wildman–Crippen LogP) is 2.22. The number of carboxylic acids is 1. The van der Waals surface area contributed by atoms with Crippen LogP contribution in [0.5, 0.6) is 0 Å². The molecule has 0 spiro atoms. The van der Waals surface area contributed by atoms with Gasteiger partial charge in [0.25, 0.3) is 0 Å². The number of carbonyl (C=O) groups excluding carboxylic acids is 1. The van der Waals surface area contributed by atoms with Gasteiger partial charge in [0.15, 0.2) is 0 Å². The zero-order valence-corrected chi connectivity index (χ0v) is 15.2. The molecule has 0 saturated heterocycles. The van der Waals surface area contributed by atoms with Gasteiger partial charge in [0.2, 0.25) is 5.91 Å². The molecule has 1 aromatic heterocycles. The summed E-state index contributed by atoms with van der Waals surface area (Å²) in [5.41, 5.74) is 2.32. The minimum atomic E-state index is -0.909. The molecule has 1 aromatic rings. The van der Waals surface area contributed by atoms with Crippen LogP contribution in [0.1, 0.15) is 51.1 Å². The molecule has 0 fully saturated rings. The molecule has 23 heavy (non-hydrogen) atoms. The highest BCUT2D eigenvalue weighted by Gasteiger charge is 2.34. The maximum Gasteiger partial charge on any atom is 0.305 e.